The molecule has 5 nitrogen and oxygen atoms in total. The van der Waals surface area contributed by atoms with Crippen LogP contribution in [0.1, 0.15) is 28.2 Å². The third-order valence-corrected chi connectivity index (χ3v) is 3.35. The van der Waals surface area contributed by atoms with E-state index in [-0.39, 0.29) is 12.0 Å². The number of nitrogens with zero attached hydrogens (tertiary/aromatic N) is 3. The molecule has 1 unspecified atom stereocenters. The number of likely N-dealkylation sites (tertiary alicyclic amines) is 1. The van der Waals surface area contributed by atoms with Gasteiger partial charge in [0, 0.05) is 13.1 Å². The van der Waals surface area contributed by atoms with Gasteiger partial charge in [-0.1, -0.05) is 4.49 Å². The summed E-state index contributed by atoms with van der Waals surface area (Å²) in [7, 11) is 0. The van der Waals surface area contributed by atoms with Crippen molar-refractivity contribution in [1.29, 1.82) is 0 Å². The van der Waals surface area contributed by atoms with Crippen LogP contribution in [-0.4, -0.2) is 44.7 Å². The van der Waals surface area contributed by atoms with Crippen molar-refractivity contribution in [2.75, 3.05) is 13.1 Å². The van der Waals surface area contributed by atoms with Crippen LogP contribution < -0.4 is 0 Å². The molecule has 1 aromatic rings. The number of piperidine rings is 1. The Hall–Kier alpha value is -1.01. The van der Waals surface area contributed by atoms with Crippen molar-refractivity contribution in [2.45, 2.75) is 25.9 Å². The Morgan fingerprint density at radius 3 is 3.07 bits per heavy atom. The Kier molecular flexibility index (Phi) is 2.97. The molecule has 1 aromatic heterocycles. The Bertz CT molecular complexity index is 366. The van der Waals surface area contributed by atoms with Crippen molar-refractivity contribution in [1.82, 2.24) is 14.5 Å². The summed E-state index contributed by atoms with van der Waals surface area (Å²) in [5.74, 6) is -0.0544. The predicted octanol–water partition coefficient (Wildman–Crippen LogP) is 0.443. The van der Waals surface area contributed by atoms with E-state index in [0.717, 1.165) is 24.4 Å². The molecule has 2 heterocycles. The lowest BCUT2D eigenvalue weighted by atomic mass is 10.1. The highest BCUT2D eigenvalue weighted by Gasteiger charge is 2.25. The van der Waals surface area contributed by atoms with E-state index >= 15 is 0 Å². The van der Waals surface area contributed by atoms with Gasteiger partial charge in [0.05, 0.1) is 11.8 Å². The highest BCUT2D eigenvalue weighted by Crippen LogP contribution is 2.17. The summed E-state index contributed by atoms with van der Waals surface area (Å²) in [6, 6.07) is 0. The molecule has 0 saturated carbocycles. The highest BCUT2D eigenvalue weighted by atomic mass is 32.1. The first-order valence-electron chi connectivity index (χ1n) is 4.95. The summed E-state index contributed by atoms with van der Waals surface area (Å²) >= 11 is 1.12. The first kappa shape index (κ1) is 10.5. The van der Waals surface area contributed by atoms with Crippen LogP contribution in [0.4, 0.5) is 0 Å². The van der Waals surface area contributed by atoms with E-state index in [1.165, 1.54) is 0 Å². The monoisotopic (exact) mass is 227 g/mol. The molecule has 15 heavy (non-hydrogen) atoms. The zero-order valence-electron chi connectivity index (χ0n) is 8.51. The number of hydrogen-bond acceptors (Lipinski definition) is 5. The number of aryl methyl sites for hydroxylation is 1. The number of aliphatic hydroxyl groups is 1. The fourth-order valence-electron chi connectivity index (χ4n) is 1.71. The number of amides is 1. The molecule has 1 amide bonds. The fourth-order valence-corrected chi connectivity index (χ4v) is 2.34. The molecule has 2 rings (SSSR count). The second-order valence-electron chi connectivity index (χ2n) is 3.73. The van der Waals surface area contributed by atoms with Gasteiger partial charge in [0.25, 0.3) is 5.91 Å². The molecular weight excluding hydrogens is 214 g/mol. The molecule has 1 aliphatic rings. The van der Waals surface area contributed by atoms with E-state index < -0.39 is 0 Å². The van der Waals surface area contributed by atoms with Crippen LogP contribution in [0.25, 0.3) is 0 Å². The van der Waals surface area contributed by atoms with Gasteiger partial charge in [0.1, 0.15) is 4.88 Å². The summed E-state index contributed by atoms with van der Waals surface area (Å²) in [5, 5.41) is 13.3. The third-order valence-electron chi connectivity index (χ3n) is 2.53. The van der Waals surface area contributed by atoms with Crippen LogP contribution in [-0.2, 0) is 0 Å². The molecule has 82 valence electrons. The maximum Gasteiger partial charge on any atom is 0.267 e. The van der Waals surface area contributed by atoms with E-state index in [1.54, 1.807) is 11.8 Å². The third kappa shape index (κ3) is 2.15. The van der Waals surface area contributed by atoms with Crippen molar-refractivity contribution >= 4 is 17.4 Å². The van der Waals surface area contributed by atoms with Crippen molar-refractivity contribution in [3.8, 4) is 0 Å². The van der Waals surface area contributed by atoms with Crippen molar-refractivity contribution < 1.29 is 9.90 Å². The van der Waals surface area contributed by atoms with Gasteiger partial charge in [-0.2, -0.15) is 0 Å². The molecule has 0 spiro atoms. The van der Waals surface area contributed by atoms with Crippen molar-refractivity contribution in [3.05, 3.63) is 10.6 Å². The zero-order valence-corrected chi connectivity index (χ0v) is 9.33. The minimum atomic E-state index is -0.385. The SMILES string of the molecule is Cc1nnsc1C(=O)N1CCCC(O)C1. The predicted molar refractivity (Wildman–Crippen MR) is 55.8 cm³/mol. The number of rotatable bonds is 1. The minimum absolute atomic E-state index is 0.0544. The number of β-amino-alcohol motifs (C(OH)–C–C–N with tert-alkyl or cyclic N) is 1. The highest BCUT2D eigenvalue weighted by molar-refractivity contribution is 7.07. The molecule has 1 fully saturated rings. The average Bonchev–Trinajstić information content (AvgIpc) is 2.63. The smallest absolute Gasteiger partial charge is 0.267 e. The summed E-state index contributed by atoms with van der Waals surface area (Å²) < 4.78 is 3.74. The van der Waals surface area contributed by atoms with Gasteiger partial charge in [-0.15, -0.1) is 5.10 Å². The van der Waals surface area contributed by atoms with Gasteiger partial charge in [-0.05, 0) is 31.3 Å². The normalized spacial score (nSPS) is 21.7. The van der Waals surface area contributed by atoms with Crippen molar-refractivity contribution in [3.63, 3.8) is 0 Å². The lowest BCUT2D eigenvalue weighted by Crippen LogP contribution is -2.42. The molecule has 0 aromatic carbocycles. The van der Waals surface area contributed by atoms with Gasteiger partial charge < -0.3 is 10.0 Å². The van der Waals surface area contributed by atoms with E-state index in [9.17, 15) is 9.90 Å². The topological polar surface area (TPSA) is 66.3 Å². The lowest BCUT2D eigenvalue weighted by Gasteiger charge is -2.29. The van der Waals surface area contributed by atoms with Crippen LogP contribution in [0.2, 0.25) is 0 Å². The summed E-state index contributed by atoms with van der Waals surface area (Å²) in [6.45, 7) is 2.92. The average molecular weight is 227 g/mol. The lowest BCUT2D eigenvalue weighted by molar-refractivity contribution is 0.0477. The van der Waals surface area contributed by atoms with Gasteiger partial charge in [0.15, 0.2) is 0 Å². The van der Waals surface area contributed by atoms with Gasteiger partial charge in [-0.3, -0.25) is 4.79 Å². The zero-order chi connectivity index (χ0) is 10.8. The summed E-state index contributed by atoms with van der Waals surface area (Å²) in [6.07, 6.45) is 1.26. The van der Waals surface area contributed by atoms with Crippen LogP contribution in [0.3, 0.4) is 0 Å². The Morgan fingerprint density at radius 1 is 1.67 bits per heavy atom. The Balaban J connectivity index is 2.11. The molecule has 1 N–H and O–H groups in total. The second-order valence-corrected chi connectivity index (χ2v) is 4.49. The van der Waals surface area contributed by atoms with Crippen LogP contribution in [0.15, 0.2) is 0 Å². The number of carbonyl (C=O) groups is 1. The molecule has 1 aliphatic heterocycles. The molecule has 1 saturated heterocycles. The molecule has 0 bridgehead atoms. The summed E-state index contributed by atoms with van der Waals surface area (Å²) in [4.78, 5) is 14.2. The fraction of sp³-hybridized carbons (Fsp3) is 0.667. The largest absolute Gasteiger partial charge is 0.391 e. The number of hydrogen-bond donors (Lipinski definition) is 1. The van der Waals surface area contributed by atoms with E-state index in [4.69, 9.17) is 0 Å². The number of aromatic nitrogens is 2. The first-order chi connectivity index (χ1) is 7.18. The molecule has 0 aliphatic carbocycles. The Morgan fingerprint density at radius 2 is 2.47 bits per heavy atom. The molecule has 6 heteroatoms. The quantitative estimate of drug-likeness (QED) is 0.756. The first-order valence-corrected chi connectivity index (χ1v) is 5.72. The number of carbonyl (C=O) groups excluding carboxylic acids is 1. The Labute approximate surface area is 91.9 Å². The maximum absolute atomic E-state index is 12.0. The van der Waals surface area contributed by atoms with Gasteiger partial charge in [-0.25, -0.2) is 0 Å². The minimum Gasteiger partial charge on any atom is -0.391 e. The second kappa shape index (κ2) is 4.24. The van der Waals surface area contributed by atoms with Crippen molar-refractivity contribution in [2.24, 2.45) is 0 Å². The van der Waals surface area contributed by atoms with Gasteiger partial charge in [0.2, 0.25) is 0 Å². The van der Waals surface area contributed by atoms with Crippen LogP contribution in [0, 0.1) is 6.92 Å². The molecule has 0 radical (unpaired) electrons. The van der Waals surface area contributed by atoms with E-state index in [0.29, 0.717) is 23.7 Å². The maximum atomic E-state index is 12.0. The van der Waals surface area contributed by atoms with E-state index in [2.05, 4.69) is 9.59 Å². The van der Waals surface area contributed by atoms with Gasteiger partial charge >= 0.3 is 0 Å². The molecular formula is C9H13N3O2S. The number of aliphatic hydroxyl groups excluding tert-OH is 1. The van der Waals surface area contributed by atoms with Crippen LogP contribution >= 0.6 is 11.5 Å². The standard InChI is InChI=1S/C9H13N3O2S/c1-6-8(15-11-10-6)9(14)12-4-2-3-7(13)5-12/h7,13H,2-5H2,1H3. The van der Waals surface area contributed by atoms with E-state index in [1.807, 2.05) is 0 Å². The van der Waals surface area contributed by atoms with Crippen LogP contribution in [0.5, 0.6) is 0 Å². The molecule has 1 atom stereocenters. The summed E-state index contributed by atoms with van der Waals surface area (Å²) in [5.41, 5.74) is 0.671.